The molecule has 1 aliphatic carbocycles. The van der Waals surface area contributed by atoms with Gasteiger partial charge in [-0.3, -0.25) is 9.36 Å². The van der Waals surface area contributed by atoms with Crippen molar-refractivity contribution in [3.05, 3.63) is 63.7 Å². The van der Waals surface area contributed by atoms with E-state index in [0.717, 1.165) is 17.7 Å². The largest absolute Gasteiger partial charge is 0.376 e. The molecule has 1 fully saturated rings. The molecule has 6 nitrogen and oxygen atoms in total. The number of carbonyl (C=O) groups is 1. The minimum atomic E-state index is -3.03. The molecular formula is C23H20ClF2N5O. The molecule has 0 bridgehead atoms. The number of nitrogens with zero attached hydrogens (tertiary/aromatic N) is 4. The van der Waals surface area contributed by atoms with Crippen molar-refractivity contribution in [2.24, 2.45) is 5.92 Å². The lowest BCUT2D eigenvalue weighted by atomic mass is 10.0. The van der Waals surface area contributed by atoms with Gasteiger partial charge in [0.05, 0.1) is 17.9 Å². The first-order valence-corrected chi connectivity index (χ1v) is 11.0. The highest BCUT2D eigenvalue weighted by atomic mass is 35.5. The van der Waals surface area contributed by atoms with Gasteiger partial charge in [0.2, 0.25) is 5.82 Å². The van der Waals surface area contributed by atoms with E-state index in [4.69, 9.17) is 11.6 Å². The molecule has 3 aromatic rings. The third-order valence-corrected chi connectivity index (χ3v) is 6.79. The van der Waals surface area contributed by atoms with Gasteiger partial charge in [-0.05, 0) is 67.6 Å². The first-order valence-electron chi connectivity index (χ1n) is 10.7. The second-order valence-corrected chi connectivity index (χ2v) is 9.13. The fourth-order valence-electron chi connectivity index (χ4n) is 4.68. The van der Waals surface area contributed by atoms with Crippen LogP contribution >= 0.6 is 11.6 Å². The molecule has 0 saturated heterocycles. The van der Waals surface area contributed by atoms with E-state index >= 15 is 0 Å². The molecule has 1 aromatic heterocycles. The molecule has 0 unspecified atom stereocenters. The summed E-state index contributed by atoms with van der Waals surface area (Å²) in [7, 11) is 0. The Bertz CT molecular complexity index is 1280. The topological polar surface area (TPSA) is 63.1 Å². The third-order valence-electron chi connectivity index (χ3n) is 6.55. The number of anilines is 2. The van der Waals surface area contributed by atoms with Crippen LogP contribution in [0, 0.1) is 12.8 Å². The average Bonchev–Trinajstić information content (AvgIpc) is 3.41. The molecule has 0 radical (unpaired) electrons. The Morgan fingerprint density at radius 3 is 2.78 bits per heavy atom. The Morgan fingerprint density at radius 2 is 2.00 bits per heavy atom. The van der Waals surface area contributed by atoms with Crippen LogP contribution in [-0.4, -0.2) is 27.2 Å². The van der Waals surface area contributed by atoms with E-state index in [9.17, 15) is 13.6 Å². The summed E-state index contributed by atoms with van der Waals surface area (Å²) < 4.78 is 31.3. The molecule has 1 amide bonds. The summed E-state index contributed by atoms with van der Waals surface area (Å²) >= 11 is 6.09. The molecule has 2 aliphatic heterocycles. The van der Waals surface area contributed by atoms with E-state index in [-0.39, 0.29) is 18.3 Å². The van der Waals surface area contributed by atoms with E-state index in [1.165, 1.54) is 4.57 Å². The van der Waals surface area contributed by atoms with Crippen LogP contribution in [0.4, 0.5) is 20.2 Å². The Balaban J connectivity index is 1.40. The average molecular weight is 456 g/mol. The second-order valence-electron chi connectivity index (χ2n) is 8.69. The van der Waals surface area contributed by atoms with Crippen LogP contribution in [0.15, 0.2) is 30.3 Å². The molecule has 1 N–H and O–H groups in total. The first kappa shape index (κ1) is 19.7. The lowest BCUT2D eigenvalue weighted by molar-refractivity contribution is -0.0392. The highest BCUT2D eigenvalue weighted by Crippen LogP contribution is 2.50. The van der Waals surface area contributed by atoms with Crippen molar-refractivity contribution in [3.63, 3.8) is 0 Å². The highest BCUT2D eigenvalue weighted by molar-refractivity contribution is 6.30. The van der Waals surface area contributed by atoms with Gasteiger partial charge in [-0.2, -0.15) is 8.78 Å². The molecule has 164 valence electrons. The van der Waals surface area contributed by atoms with Gasteiger partial charge in [-0.15, -0.1) is 10.2 Å². The molecule has 1 saturated carbocycles. The van der Waals surface area contributed by atoms with Gasteiger partial charge in [0.25, 0.3) is 5.91 Å². The summed E-state index contributed by atoms with van der Waals surface area (Å²) in [5.74, 6) is -3.70. The maximum absolute atomic E-state index is 14.9. The van der Waals surface area contributed by atoms with Crippen molar-refractivity contribution in [3.8, 4) is 5.69 Å². The molecule has 3 aliphatic rings. The summed E-state index contributed by atoms with van der Waals surface area (Å²) in [5.41, 5.74) is 4.31. The van der Waals surface area contributed by atoms with Crippen molar-refractivity contribution >= 4 is 28.9 Å². The second kappa shape index (κ2) is 6.75. The van der Waals surface area contributed by atoms with E-state index in [2.05, 4.69) is 15.5 Å². The lowest BCUT2D eigenvalue weighted by Gasteiger charge is -2.26. The number of rotatable bonds is 3. The number of hydrogen-bond acceptors (Lipinski definition) is 4. The quantitative estimate of drug-likeness (QED) is 0.612. The molecule has 0 spiro atoms. The van der Waals surface area contributed by atoms with Gasteiger partial charge < -0.3 is 10.2 Å². The molecule has 0 atom stereocenters. The molecule has 2 aromatic carbocycles. The number of aryl methyl sites for hydroxylation is 1. The Labute approximate surface area is 188 Å². The predicted molar refractivity (Wildman–Crippen MR) is 117 cm³/mol. The standard InChI is InChI=1S/C23H20ClF2N5O/c1-12-8-19-17(27-11-20-28-29-22(31(19)20)23(25,26)14-2-3-14)10-16(12)21(32)30-7-6-13-9-15(24)4-5-18(13)30/h4-5,8-10,14,27H,2-3,6-7,11H2,1H3. The number of benzene rings is 2. The summed E-state index contributed by atoms with van der Waals surface area (Å²) in [4.78, 5) is 15.2. The fraction of sp³-hybridized carbons (Fsp3) is 0.348. The van der Waals surface area contributed by atoms with Crippen LogP contribution in [0.1, 0.15) is 46.0 Å². The zero-order valence-electron chi connectivity index (χ0n) is 17.3. The zero-order chi connectivity index (χ0) is 22.2. The van der Waals surface area contributed by atoms with Crippen LogP contribution in [0.5, 0.6) is 0 Å². The smallest absolute Gasteiger partial charge is 0.309 e. The Morgan fingerprint density at radius 1 is 1.19 bits per heavy atom. The monoisotopic (exact) mass is 455 g/mol. The number of hydrogen-bond donors (Lipinski definition) is 1. The van der Waals surface area contributed by atoms with Crippen molar-refractivity contribution in [2.75, 3.05) is 16.8 Å². The normalized spacial score (nSPS) is 16.9. The highest BCUT2D eigenvalue weighted by Gasteiger charge is 2.52. The van der Waals surface area contributed by atoms with E-state index < -0.39 is 11.8 Å². The lowest BCUT2D eigenvalue weighted by Crippen LogP contribution is -2.30. The molecule has 6 rings (SSSR count). The van der Waals surface area contributed by atoms with Crippen LogP contribution in [0.3, 0.4) is 0 Å². The summed E-state index contributed by atoms with van der Waals surface area (Å²) in [6, 6.07) is 9.06. The number of carbonyl (C=O) groups excluding carboxylic acids is 1. The van der Waals surface area contributed by atoms with Gasteiger partial charge >= 0.3 is 5.92 Å². The summed E-state index contributed by atoms with van der Waals surface area (Å²) in [5, 5.41) is 11.7. The van der Waals surface area contributed by atoms with E-state index in [1.807, 2.05) is 19.1 Å². The minimum Gasteiger partial charge on any atom is -0.376 e. The van der Waals surface area contributed by atoms with Gasteiger partial charge in [0, 0.05) is 28.7 Å². The van der Waals surface area contributed by atoms with E-state index in [0.29, 0.717) is 52.7 Å². The minimum absolute atomic E-state index is 0.119. The van der Waals surface area contributed by atoms with Gasteiger partial charge in [-0.1, -0.05) is 11.6 Å². The maximum Gasteiger partial charge on any atom is 0.309 e. The van der Waals surface area contributed by atoms with Crippen molar-refractivity contribution in [2.45, 2.75) is 38.7 Å². The van der Waals surface area contributed by atoms with Gasteiger partial charge in [0.15, 0.2) is 5.82 Å². The van der Waals surface area contributed by atoms with Crippen LogP contribution in [-0.2, 0) is 18.9 Å². The van der Waals surface area contributed by atoms with Crippen molar-refractivity contribution < 1.29 is 13.6 Å². The summed E-state index contributed by atoms with van der Waals surface area (Å²) in [6.07, 6.45) is 1.73. The molecule has 9 heteroatoms. The third kappa shape index (κ3) is 2.85. The molecule has 32 heavy (non-hydrogen) atoms. The Kier molecular flexibility index (Phi) is 4.15. The zero-order valence-corrected chi connectivity index (χ0v) is 18.1. The van der Waals surface area contributed by atoms with E-state index in [1.54, 1.807) is 23.1 Å². The number of fused-ring (bicyclic) bond motifs is 4. The SMILES string of the molecule is Cc1cc2c(cc1C(=O)N1CCc3cc(Cl)ccc31)NCc1nnc(C(F)(F)C3CC3)n1-2. The fourth-order valence-corrected chi connectivity index (χ4v) is 4.87. The van der Waals surface area contributed by atoms with Crippen LogP contribution in [0.25, 0.3) is 5.69 Å². The number of aromatic nitrogens is 3. The predicted octanol–water partition coefficient (Wildman–Crippen LogP) is 4.86. The first-order chi connectivity index (χ1) is 15.3. The number of amides is 1. The maximum atomic E-state index is 14.9. The summed E-state index contributed by atoms with van der Waals surface area (Å²) in [6.45, 7) is 2.66. The van der Waals surface area contributed by atoms with Crippen LogP contribution in [0.2, 0.25) is 5.02 Å². The van der Waals surface area contributed by atoms with Crippen LogP contribution < -0.4 is 10.2 Å². The van der Waals surface area contributed by atoms with Crippen molar-refractivity contribution in [1.82, 2.24) is 14.8 Å². The Hall–Kier alpha value is -3.00. The van der Waals surface area contributed by atoms with Gasteiger partial charge in [0.1, 0.15) is 0 Å². The number of halogens is 3. The molecule has 3 heterocycles. The van der Waals surface area contributed by atoms with Gasteiger partial charge in [-0.25, -0.2) is 0 Å². The number of nitrogens with one attached hydrogen (secondary N) is 1. The number of alkyl halides is 2. The van der Waals surface area contributed by atoms with Crippen molar-refractivity contribution in [1.29, 1.82) is 0 Å². The molecular weight excluding hydrogens is 436 g/mol.